The quantitative estimate of drug-likeness (QED) is 0.552. The Kier molecular flexibility index (Phi) is 4.45. The Morgan fingerprint density at radius 3 is 2.45 bits per heavy atom. The lowest BCUT2D eigenvalue weighted by Gasteiger charge is -2.49. The largest absolute Gasteiger partial charge is 0.437 e. The zero-order chi connectivity index (χ0) is 22.9. The van der Waals surface area contributed by atoms with Crippen molar-refractivity contribution in [2.45, 2.75) is 36.1 Å². The number of carbonyl (C=O) groups is 2. The van der Waals surface area contributed by atoms with E-state index in [1.54, 1.807) is 12.1 Å². The third kappa shape index (κ3) is 3.26. The summed E-state index contributed by atoms with van der Waals surface area (Å²) in [6.45, 7) is 0. The molecule has 1 aliphatic heterocycles. The SMILES string of the molecule is O=C1NC(=O)C([C@H]2c3ccc(Oc4nnc(C(F)(F)F)c5ccccc45)cc3C3CC2C3)S1. The van der Waals surface area contributed by atoms with E-state index in [0.717, 1.165) is 35.7 Å². The highest BCUT2D eigenvalue weighted by atomic mass is 32.2. The molecule has 2 heterocycles. The van der Waals surface area contributed by atoms with Crippen molar-refractivity contribution in [1.29, 1.82) is 0 Å². The summed E-state index contributed by atoms with van der Waals surface area (Å²) in [5, 5.41) is 8.85. The minimum Gasteiger partial charge on any atom is -0.437 e. The Morgan fingerprint density at radius 1 is 1.00 bits per heavy atom. The van der Waals surface area contributed by atoms with Gasteiger partial charge >= 0.3 is 6.18 Å². The molecular weight excluding hydrogens is 455 g/mol. The Labute approximate surface area is 189 Å². The average Bonchev–Trinajstić information content (AvgIpc) is 3.09. The first-order valence-corrected chi connectivity index (χ1v) is 11.3. The third-order valence-corrected chi connectivity index (χ3v) is 7.80. The second-order valence-corrected chi connectivity index (χ2v) is 9.67. The third-order valence-electron chi connectivity index (χ3n) is 6.72. The van der Waals surface area contributed by atoms with Gasteiger partial charge in [-0.2, -0.15) is 13.2 Å². The van der Waals surface area contributed by atoms with Gasteiger partial charge in [-0.25, -0.2) is 0 Å². The molecule has 2 aromatic carbocycles. The first-order chi connectivity index (χ1) is 15.8. The second-order valence-electron chi connectivity index (χ2n) is 8.56. The molecule has 6 nitrogen and oxygen atoms in total. The Hall–Kier alpha value is -3.14. The first-order valence-electron chi connectivity index (χ1n) is 10.5. The van der Waals surface area contributed by atoms with Gasteiger partial charge in [-0.15, -0.1) is 10.2 Å². The number of hydrogen-bond donors (Lipinski definition) is 1. The number of hydrogen-bond acceptors (Lipinski definition) is 6. The van der Waals surface area contributed by atoms with Gasteiger partial charge in [-0.1, -0.05) is 36.0 Å². The van der Waals surface area contributed by atoms with Gasteiger partial charge < -0.3 is 4.74 Å². The molecule has 2 bridgehead atoms. The number of thioether (sulfide) groups is 1. The topological polar surface area (TPSA) is 81.2 Å². The van der Waals surface area contributed by atoms with Crippen molar-refractivity contribution in [2.24, 2.45) is 5.92 Å². The highest BCUT2D eigenvalue weighted by Gasteiger charge is 2.51. The first kappa shape index (κ1) is 20.5. The fourth-order valence-electron chi connectivity index (χ4n) is 5.23. The number of alkyl halides is 3. The van der Waals surface area contributed by atoms with E-state index in [4.69, 9.17) is 4.74 Å². The number of rotatable bonds is 3. The van der Waals surface area contributed by atoms with Gasteiger partial charge in [0.05, 0.1) is 0 Å². The lowest BCUT2D eigenvalue weighted by molar-refractivity contribution is -0.140. The van der Waals surface area contributed by atoms with E-state index >= 15 is 0 Å². The molecule has 1 aromatic heterocycles. The average molecular weight is 471 g/mol. The number of carbonyl (C=O) groups excluding carboxylic acids is 2. The van der Waals surface area contributed by atoms with Crippen molar-refractivity contribution in [3.05, 3.63) is 59.3 Å². The number of ether oxygens (including phenoxy) is 1. The molecule has 1 N–H and O–H groups in total. The van der Waals surface area contributed by atoms with Crippen molar-refractivity contribution in [2.75, 3.05) is 0 Å². The van der Waals surface area contributed by atoms with Crippen molar-refractivity contribution >= 4 is 33.7 Å². The number of aromatic nitrogens is 2. The van der Waals surface area contributed by atoms with Crippen LogP contribution < -0.4 is 10.1 Å². The summed E-state index contributed by atoms with van der Waals surface area (Å²) >= 11 is 1.04. The van der Waals surface area contributed by atoms with Gasteiger partial charge in [-0.05, 0) is 54.0 Å². The standard InChI is InChI=1S/C23H16F3N3O3S/c24-23(25,26)19-14-3-1-2-4-15(14)21(29-28-19)32-12-5-6-13-16(9-12)10-7-11(8-10)17(13)18-20(30)27-22(31)33-18/h1-6,9-11,17-18H,7-8H2,(H,27,30,31)/t10?,11?,17-,18?/m1/s1. The number of nitrogens with one attached hydrogen (secondary N) is 1. The van der Waals surface area contributed by atoms with E-state index in [0.29, 0.717) is 17.6 Å². The van der Waals surface area contributed by atoms with Gasteiger partial charge in [0, 0.05) is 16.7 Å². The van der Waals surface area contributed by atoms with E-state index < -0.39 is 17.1 Å². The van der Waals surface area contributed by atoms with Crippen LogP contribution in [-0.4, -0.2) is 26.6 Å². The summed E-state index contributed by atoms with van der Waals surface area (Å²) in [5.74, 6) is 0.823. The van der Waals surface area contributed by atoms with Crippen LogP contribution in [0.3, 0.4) is 0 Å². The van der Waals surface area contributed by atoms with Crippen LogP contribution in [0.2, 0.25) is 0 Å². The molecule has 2 fully saturated rings. The number of fused-ring (bicyclic) bond motifs is 1. The van der Waals surface area contributed by atoms with Crippen LogP contribution in [0.1, 0.15) is 41.5 Å². The van der Waals surface area contributed by atoms with Crippen LogP contribution in [0, 0.1) is 5.92 Å². The van der Waals surface area contributed by atoms with Crippen LogP contribution in [0.5, 0.6) is 11.6 Å². The fraction of sp³-hybridized carbons (Fsp3) is 0.304. The van der Waals surface area contributed by atoms with Gasteiger partial charge in [0.1, 0.15) is 11.0 Å². The fourth-order valence-corrected chi connectivity index (χ4v) is 6.30. The smallest absolute Gasteiger partial charge is 0.435 e. The Morgan fingerprint density at radius 2 is 1.76 bits per heavy atom. The molecule has 2 amide bonds. The molecule has 2 atom stereocenters. The van der Waals surface area contributed by atoms with E-state index in [1.165, 1.54) is 18.2 Å². The lowest BCUT2D eigenvalue weighted by Crippen LogP contribution is -2.41. The molecule has 3 aromatic rings. The molecule has 1 unspecified atom stereocenters. The van der Waals surface area contributed by atoms with Crippen molar-refractivity contribution in [1.82, 2.24) is 15.5 Å². The predicted molar refractivity (Wildman–Crippen MR) is 114 cm³/mol. The molecule has 168 valence electrons. The van der Waals surface area contributed by atoms with Gasteiger partial charge in [-0.3, -0.25) is 14.9 Å². The maximum atomic E-state index is 13.3. The van der Waals surface area contributed by atoms with Crippen LogP contribution in [-0.2, 0) is 11.0 Å². The molecular formula is C23H16F3N3O3S. The number of benzene rings is 2. The van der Waals surface area contributed by atoms with Gasteiger partial charge in [0.15, 0.2) is 5.69 Å². The summed E-state index contributed by atoms with van der Waals surface area (Å²) < 4.78 is 45.9. The summed E-state index contributed by atoms with van der Waals surface area (Å²) in [4.78, 5) is 24.0. The van der Waals surface area contributed by atoms with Crippen molar-refractivity contribution < 1.29 is 27.5 Å². The monoisotopic (exact) mass is 471 g/mol. The Bertz CT molecular complexity index is 1320. The number of imide groups is 1. The Balaban J connectivity index is 1.36. The molecule has 3 aliphatic carbocycles. The molecule has 0 radical (unpaired) electrons. The predicted octanol–water partition coefficient (Wildman–Crippen LogP) is 5.38. The van der Waals surface area contributed by atoms with Gasteiger partial charge in [0.25, 0.3) is 5.24 Å². The van der Waals surface area contributed by atoms with E-state index in [2.05, 4.69) is 15.5 Å². The molecule has 10 heteroatoms. The minimum atomic E-state index is -4.63. The summed E-state index contributed by atoms with van der Waals surface area (Å²) in [5.41, 5.74) is 1.03. The number of nitrogens with zero attached hydrogens (tertiary/aromatic N) is 2. The van der Waals surface area contributed by atoms with Crippen molar-refractivity contribution in [3.8, 4) is 11.6 Å². The van der Waals surface area contributed by atoms with E-state index in [1.807, 2.05) is 12.1 Å². The molecule has 7 rings (SSSR count). The van der Waals surface area contributed by atoms with Crippen LogP contribution in [0.25, 0.3) is 10.8 Å². The van der Waals surface area contributed by atoms with Gasteiger partial charge in [0.2, 0.25) is 11.8 Å². The molecule has 4 aliphatic rings. The molecule has 1 saturated carbocycles. The van der Waals surface area contributed by atoms with E-state index in [-0.39, 0.29) is 33.7 Å². The van der Waals surface area contributed by atoms with E-state index in [9.17, 15) is 22.8 Å². The maximum Gasteiger partial charge on any atom is 0.435 e. The summed E-state index contributed by atoms with van der Waals surface area (Å²) in [7, 11) is 0. The zero-order valence-corrected chi connectivity index (χ0v) is 17.7. The van der Waals surface area contributed by atoms with Crippen LogP contribution in [0.15, 0.2) is 42.5 Å². The zero-order valence-electron chi connectivity index (χ0n) is 16.9. The molecule has 1 saturated heterocycles. The van der Waals surface area contributed by atoms with Crippen molar-refractivity contribution in [3.63, 3.8) is 0 Å². The summed E-state index contributed by atoms with van der Waals surface area (Å²) in [6.07, 6.45) is -2.76. The molecule has 0 spiro atoms. The highest BCUT2D eigenvalue weighted by molar-refractivity contribution is 8.15. The minimum absolute atomic E-state index is 0.00582. The second kappa shape index (κ2) is 7.18. The molecule has 33 heavy (non-hydrogen) atoms. The normalized spacial score (nSPS) is 26.0. The highest BCUT2D eigenvalue weighted by Crippen LogP contribution is 2.59. The lowest BCUT2D eigenvalue weighted by atomic mass is 9.56. The number of amides is 2. The number of halogens is 3. The summed E-state index contributed by atoms with van der Waals surface area (Å²) in [6, 6.07) is 11.5. The van der Waals surface area contributed by atoms with Crippen LogP contribution >= 0.6 is 11.8 Å². The van der Waals surface area contributed by atoms with Crippen LogP contribution in [0.4, 0.5) is 18.0 Å². The maximum absolute atomic E-state index is 13.3.